The van der Waals surface area contributed by atoms with Crippen LogP contribution in [-0.2, 0) is 6.54 Å². The molecule has 0 amide bonds. The van der Waals surface area contributed by atoms with Gasteiger partial charge in [-0.25, -0.2) is 0 Å². The molecule has 0 aliphatic rings. The van der Waals surface area contributed by atoms with Gasteiger partial charge in [-0.1, -0.05) is 48.0 Å². The molecule has 0 saturated heterocycles. The fraction of sp³-hybridized carbons (Fsp3) is 0.111. The third kappa shape index (κ3) is 4.40. The highest BCUT2D eigenvalue weighted by Crippen LogP contribution is 2.10. The number of benzene rings is 2. The van der Waals surface area contributed by atoms with Gasteiger partial charge in [0.2, 0.25) is 0 Å². The lowest BCUT2D eigenvalue weighted by Gasteiger charge is -2.08. The standard InChI is InChI=1S/C18H18N4S/c1-14-6-5-7-15(12-14)13-22-11-10-17(21-22)20-18(23)19-16-8-3-2-4-9-16/h2-12H,13H2,1H3,(H2,19,20,21,23). The minimum Gasteiger partial charge on any atom is -0.332 e. The summed E-state index contributed by atoms with van der Waals surface area (Å²) in [5.74, 6) is 0.728. The highest BCUT2D eigenvalue weighted by molar-refractivity contribution is 7.80. The maximum Gasteiger partial charge on any atom is 0.176 e. The Labute approximate surface area is 141 Å². The molecule has 0 atom stereocenters. The third-order valence-electron chi connectivity index (χ3n) is 3.34. The number of aryl methyl sites for hydroxylation is 1. The third-order valence-corrected chi connectivity index (χ3v) is 3.55. The Morgan fingerprint density at radius 3 is 2.65 bits per heavy atom. The van der Waals surface area contributed by atoms with Crippen molar-refractivity contribution >= 4 is 28.8 Å². The fourth-order valence-electron chi connectivity index (χ4n) is 2.31. The molecular weight excluding hydrogens is 304 g/mol. The van der Waals surface area contributed by atoms with Crippen LogP contribution in [0.4, 0.5) is 11.5 Å². The molecule has 0 fully saturated rings. The van der Waals surface area contributed by atoms with E-state index in [-0.39, 0.29) is 0 Å². The summed E-state index contributed by atoms with van der Waals surface area (Å²) in [6.07, 6.45) is 1.94. The lowest BCUT2D eigenvalue weighted by molar-refractivity contribution is 0.689. The van der Waals surface area contributed by atoms with Gasteiger partial charge in [-0.05, 0) is 36.8 Å². The number of hydrogen-bond donors (Lipinski definition) is 2. The Kier molecular flexibility index (Phi) is 4.68. The molecule has 4 nitrogen and oxygen atoms in total. The largest absolute Gasteiger partial charge is 0.332 e. The van der Waals surface area contributed by atoms with Crippen LogP contribution in [0.3, 0.4) is 0 Å². The Bertz CT molecular complexity index is 796. The number of para-hydroxylation sites is 1. The summed E-state index contributed by atoms with van der Waals surface area (Å²) < 4.78 is 1.89. The van der Waals surface area contributed by atoms with E-state index in [0.29, 0.717) is 5.11 Å². The normalized spacial score (nSPS) is 10.3. The molecule has 0 aliphatic heterocycles. The number of anilines is 2. The van der Waals surface area contributed by atoms with E-state index in [1.54, 1.807) is 0 Å². The van der Waals surface area contributed by atoms with Crippen LogP contribution in [-0.4, -0.2) is 14.9 Å². The molecule has 0 bridgehead atoms. The van der Waals surface area contributed by atoms with Crippen molar-refractivity contribution in [3.63, 3.8) is 0 Å². The van der Waals surface area contributed by atoms with Crippen molar-refractivity contribution in [1.29, 1.82) is 0 Å². The molecule has 23 heavy (non-hydrogen) atoms. The average molecular weight is 322 g/mol. The fourth-order valence-corrected chi connectivity index (χ4v) is 2.54. The van der Waals surface area contributed by atoms with Gasteiger partial charge in [0.15, 0.2) is 10.9 Å². The molecular formula is C18H18N4S. The van der Waals surface area contributed by atoms with Crippen molar-refractivity contribution in [3.05, 3.63) is 78.0 Å². The Hall–Kier alpha value is -2.66. The van der Waals surface area contributed by atoms with Crippen LogP contribution in [0.25, 0.3) is 0 Å². The van der Waals surface area contributed by atoms with E-state index in [1.807, 2.05) is 47.3 Å². The minimum absolute atomic E-state index is 0.525. The molecule has 0 spiro atoms. The van der Waals surface area contributed by atoms with E-state index in [1.165, 1.54) is 11.1 Å². The van der Waals surface area contributed by atoms with Gasteiger partial charge in [-0.2, -0.15) is 5.10 Å². The van der Waals surface area contributed by atoms with Gasteiger partial charge in [0.25, 0.3) is 0 Å². The Morgan fingerprint density at radius 2 is 1.87 bits per heavy atom. The van der Waals surface area contributed by atoms with Gasteiger partial charge in [0.05, 0.1) is 6.54 Å². The van der Waals surface area contributed by atoms with Gasteiger partial charge in [0.1, 0.15) is 0 Å². The van der Waals surface area contributed by atoms with E-state index in [9.17, 15) is 0 Å². The maximum absolute atomic E-state index is 5.30. The average Bonchev–Trinajstić information content (AvgIpc) is 2.95. The molecule has 0 unspecified atom stereocenters. The first-order valence-electron chi connectivity index (χ1n) is 7.41. The van der Waals surface area contributed by atoms with Crippen LogP contribution in [0.15, 0.2) is 66.9 Å². The summed E-state index contributed by atoms with van der Waals surface area (Å²) in [5, 5.41) is 11.2. The molecule has 2 N–H and O–H groups in total. The summed E-state index contributed by atoms with van der Waals surface area (Å²) >= 11 is 5.30. The number of nitrogens with zero attached hydrogens (tertiary/aromatic N) is 2. The second kappa shape index (κ2) is 7.07. The van der Waals surface area contributed by atoms with Crippen LogP contribution in [0.5, 0.6) is 0 Å². The van der Waals surface area contributed by atoms with Gasteiger partial charge in [-0.15, -0.1) is 0 Å². The summed E-state index contributed by atoms with van der Waals surface area (Å²) in [4.78, 5) is 0. The number of aromatic nitrogens is 2. The van der Waals surface area contributed by atoms with E-state index in [4.69, 9.17) is 12.2 Å². The summed E-state index contributed by atoms with van der Waals surface area (Å²) in [7, 11) is 0. The minimum atomic E-state index is 0.525. The van der Waals surface area contributed by atoms with E-state index >= 15 is 0 Å². The maximum atomic E-state index is 5.30. The quantitative estimate of drug-likeness (QED) is 0.711. The topological polar surface area (TPSA) is 41.9 Å². The SMILES string of the molecule is Cc1cccc(Cn2ccc(NC(=S)Nc3ccccc3)n2)c1. The molecule has 0 saturated carbocycles. The van der Waals surface area contributed by atoms with Gasteiger partial charge in [-0.3, -0.25) is 4.68 Å². The number of nitrogens with one attached hydrogen (secondary N) is 2. The van der Waals surface area contributed by atoms with Crippen LogP contribution in [0, 0.1) is 6.92 Å². The summed E-state index contributed by atoms with van der Waals surface area (Å²) in [6, 6.07) is 20.1. The van der Waals surface area contributed by atoms with Crippen LogP contribution in [0.2, 0.25) is 0 Å². The van der Waals surface area contributed by atoms with Crippen LogP contribution < -0.4 is 10.6 Å². The molecule has 3 rings (SSSR count). The van der Waals surface area contributed by atoms with Crippen molar-refractivity contribution in [2.24, 2.45) is 0 Å². The predicted octanol–water partition coefficient (Wildman–Crippen LogP) is 4.05. The molecule has 1 heterocycles. The Balaban J connectivity index is 1.60. The van der Waals surface area contributed by atoms with E-state index in [0.717, 1.165) is 18.1 Å². The molecule has 0 aliphatic carbocycles. The first kappa shape index (κ1) is 15.2. The zero-order valence-electron chi connectivity index (χ0n) is 12.9. The number of rotatable bonds is 4. The van der Waals surface area contributed by atoms with Gasteiger partial charge < -0.3 is 10.6 Å². The van der Waals surface area contributed by atoms with Crippen molar-refractivity contribution in [2.75, 3.05) is 10.6 Å². The van der Waals surface area contributed by atoms with E-state index < -0.39 is 0 Å². The number of hydrogen-bond acceptors (Lipinski definition) is 2. The lowest BCUT2D eigenvalue weighted by Crippen LogP contribution is -2.19. The van der Waals surface area contributed by atoms with E-state index in [2.05, 4.69) is 46.9 Å². The molecule has 2 aromatic carbocycles. The monoisotopic (exact) mass is 322 g/mol. The smallest absolute Gasteiger partial charge is 0.176 e. The first-order valence-corrected chi connectivity index (χ1v) is 7.82. The number of thiocarbonyl (C=S) groups is 1. The highest BCUT2D eigenvalue weighted by atomic mass is 32.1. The molecule has 116 valence electrons. The molecule has 3 aromatic rings. The summed E-state index contributed by atoms with van der Waals surface area (Å²) in [6.45, 7) is 2.83. The molecule has 5 heteroatoms. The van der Waals surface area contributed by atoms with Crippen LogP contribution >= 0.6 is 12.2 Å². The van der Waals surface area contributed by atoms with Gasteiger partial charge >= 0.3 is 0 Å². The van der Waals surface area contributed by atoms with Crippen molar-refractivity contribution in [2.45, 2.75) is 13.5 Å². The second-order valence-corrected chi connectivity index (χ2v) is 5.74. The molecule has 1 aromatic heterocycles. The highest BCUT2D eigenvalue weighted by Gasteiger charge is 2.03. The zero-order valence-corrected chi connectivity index (χ0v) is 13.7. The second-order valence-electron chi connectivity index (χ2n) is 5.33. The predicted molar refractivity (Wildman–Crippen MR) is 98.8 cm³/mol. The Morgan fingerprint density at radius 1 is 1.04 bits per heavy atom. The zero-order chi connectivity index (χ0) is 16.1. The lowest BCUT2D eigenvalue weighted by atomic mass is 10.1. The first-order chi connectivity index (χ1) is 11.2. The van der Waals surface area contributed by atoms with Crippen LogP contribution in [0.1, 0.15) is 11.1 Å². The molecule has 0 radical (unpaired) electrons. The van der Waals surface area contributed by atoms with Crippen molar-refractivity contribution < 1.29 is 0 Å². The van der Waals surface area contributed by atoms with Crippen molar-refractivity contribution in [1.82, 2.24) is 9.78 Å². The summed E-state index contributed by atoms with van der Waals surface area (Å²) in [5.41, 5.74) is 3.43. The van der Waals surface area contributed by atoms with Crippen molar-refractivity contribution in [3.8, 4) is 0 Å². The van der Waals surface area contributed by atoms with Gasteiger partial charge in [0, 0.05) is 18.0 Å².